The van der Waals surface area contributed by atoms with Gasteiger partial charge in [0, 0.05) is 62.5 Å². The first-order valence-corrected chi connectivity index (χ1v) is 10.5. The summed E-state index contributed by atoms with van der Waals surface area (Å²) in [5, 5.41) is 4.76. The highest BCUT2D eigenvalue weighted by Crippen LogP contribution is 2.31. The van der Waals surface area contributed by atoms with Gasteiger partial charge in [-0.05, 0) is 37.1 Å². The van der Waals surface area contributed by atoms with Crippen LogP contribution in [0.2, 0.25) is 0 Å². The average molecular weight is 377 g/mol. The lowest BCUT2D eigenvalue weighted by molar-refractivity contribution is 0.260. The molecular weight excluding hydrogens is 348 g/mol. The molecule has 3 aromatic rings. The molecule has 0 amide bonds. The molecule has 2 aliphatic rings. The van der Waals surface area contributed by atoms with Gasteiger partial charge in [0.05, 0.1) is 12.2 Å². The van der Waals surface area contributed by atoms with Crippen LogP contribution in [0.25, 0.3) is 11.0 Å². The van der Waals surface area contributed by atoms with Gasteiger partial charge in [0.15, 0.2) is 5.58 Å². The molecule has 2 fully saturated rings. The lowest BCUT2D eigenvalue weighted by Crippen LogP contribution is -2.47. The molecule has 0 bridgehead atoms. The highest BCUT2D eigenvalue weighted by atomic mass is 16.3. The molecule has 0 radical (unpaired) electrons. The Bertz CT molecular complexity index is 911. The predicted octanol–water partition coefficient (Wildman–Crippen LogP) is 3.44. The quantitative estimate of drug-likeness (QED) is 0.684. The second-order valence-electron chi connectivity index (χ2n) is 7.96. The Morgan fingerprint density at radius 3 is 2.71 bits per heavy atom. The second kappa shape index (κ2) is 7.94. The maximum atomic E-state index is 6.24. The van der Waals surface area contributed by atoms with Crippen LogP contribution in [0, 0.1) is 0 Å². The van der Waals surface area contributed by atoms with Crippen LogP contribution in [0.1, 0.15) is 24.3 Å². The van der Waals surface area contributed by atoms with Crippen molar-refractivity contribution < 1.29 is 4.42 Å². The molecule has 5 nitrogen and oxygen atoms in total. The molecule has 0 atom stereocenters. The summed E-state index contributed by atoms with van der Waals surface area (Å²) in [5.41, 5.74) is 3.45. The van der Waals surface area contributed by atoms with Gasteiger partial charge in [0.2, 0.25) is 0 Å². The van der Waals surface area contributed by atoms with Gasteiger partial charge in [-0.2, -0.15) is 0 Å². The minimum absolute atomic E-state index is 0.701. The van der Waals surface area contributed by atoms with Crippen molar-refractivity contribution in [1.82, 2.24) is 15.2 Å². The third-order valence-corrected chi connectivity index (χ3v) is 5.84. The number of hydrogen-bond donors (Lipinski definition) is 1. The zero-order valence-corrected chi connectivity index (χ0v) is 16.3. The Morgan fingerprint density at radius 2 is 1.93 bits per heavy atom. The minimum Gasteiger partial charge on any atom is -0.458 e. The summed E-state index contributed by atoms with van der Waals surface area (Å²) in [4.78, 5) is 9.45. The first kappa shape index (κ1) is 17.7. The number of hydrogen-bond acceptors (Lipinski definition) is 5. The molecule has 3 heterocycles. The molecule has 28 heavy (non-hydrogen) atoms. The summed E-state index contributed by atoms with van der Waals surface area (Å²) in [6, 6.07) is 15.6. The molecule has 1 saturated heterocycles. The Labute approximate surface area is 166 Å². The van der Waals surface area contributed by atoms with Gasteiger partial charge in [-0.3, -0.25) is 9.88 Å². The first-order valence-electron chi connectivity index (χ1n) is 10.5. The fourth-order valence-electron chi connectivity index (χ4n) is 4.00. The number of nitrogens with zero attached hydrogens (tertiary/aromatic N) is 3. The van der Waals surface area contributed by atoms with E-state index < -0.39 is 0 Å². The van der Waals surface area contributed by atoms with Gasteiger partial charge < -0.3 is 14.6 Å². The molecule has 1 aliphatic heterocycles. The lowest BCUT2D eigenvalue weighted by Gasteiger charge is -2.36. The third-order valence-electron chi connectivity index (χ3n) is 5.84. The molecule has 2 aromatic heterocycles. The van der Waals surface area contributed by atoms with E-state index in [9.17, 15) is 0 Å². The average Bonchev–Trinajstić information content (AvgIpc) is 3.49. The predicted molar refractivity (Wildman–Crippen MR) is 113 cm³/mol. The zero-order chi connectivity index (χ0) is 18.8. The molecule has 5 heteroatoms. The van der Waals surface area contributed by atoms with Crippen molar-refractivity contribution >= 4 is 16.7 Å². The van der Waals surface area contributed by atoms with Crippen LogP contribution in [-0.4, -0.2) is 48.6 Å². The van der Waals surface area contributed by atoms with Crippen molar-refractivity contribution in [3.8, 4) is 0 Å². The van der Waals surface area contributed by atoms with Gasteiger partial charge in [0.1, 0.15) is 5.76 Å². The third kappa shape index (κ3) is 4.05. The van der Waals surface area contributed by atoms with Crippen molar-refractivity contribution in [3.05, 3.63) is 60.1 Å². The number of benzene rings is 1. The van der Waals surface area contributed by atoms with Crippen molar-refractivity contribution in [2.45, 2.75) is 31.8 Å². The topological polar surface area (TPSA) is 44.5 Å². The van der Waals surface area contributed by atoms with E-state index in [1.165, 1.54) is 29.6 Å². The summed E-state index contributed by atoms with van der Waals surface area (Å²) in [5.74, 6) is 1.04. The molecule has 1 N–H and O–H groups in total. The summed E-state index contributed by atoms with van der Waals surface area (Å²) in [6.07, 6.45) is 5.50. The van der Waals surface area contributed by atoms with Crippen LogP contribution < -0.4 is 10.2 Å². The van der Waals surface area contributed by atoms with Crippen molar-refractivity contribution in [2.75, 3.05) is 37.6 Å². The van der Waals surface area contributed by atoms with Crippen LogP contribution in [0.4, 0.5) is 5.69 Å². The van der Waals surface area contributed by atoms with Gasteiger partial charge >= 0.3 is 0 Å². The van der Waals surface area contributed by atoms with Crippen molar-refractivity contribution in [1.29, 1.82) is 0 Å². The lowest BCUT2D eigenvalue weighted by atomic mass is 10.2. The van der Waals surface area contributed by atoms with Crippen molar-refractivity contribution in [3.63, 3.8) is 0 Å². The Balaban J connectivity index is 1.21. The molecule has 5 rings (SSSR count). The highest BCUT2D eigenvalue weighted by Gasteiger charge is 2.22. The monoisotopic (exact) mass is 376 g/mol. The number of para-hydroxylation sites is 1. The SMILES string of the molecule is c1ccc(CCN2CCN(c3cccc4cc(CNC5CC5)oc34)CC2)nc1. The number of rotatable bonds is 7. The Morgan fingerprint density at radius 1 is 1.04 bits per heavy atom. The number of anilines is 1. The van der Waals surface area contributed by atoms with Gasteiger partial charge in [-0.15, -0.1) is 0 Å². The molecule has 1 aliphatic carbocycles. The Hall–Kier alpha value is -2.37. The molecule has 0 spiro atoms. The zero-order valence-electron chi connectivity index (χ0n) is 16.3. The number of fused-ring (bicyclic) bond motifs is 1. The van der Waals surface area contributed by atoms with E-state index in [1.54, 1.807) is 0 Å². The number of pyridine rings is 1. The van der Waals surface area contributed by atoms with Crippen LogP contribution in [0.15, 0.2) is 53.1 Å². The second-order valence-corrected chi connectivity index (χ2v) is 7.96. The molecule has 146 valence electrons. The number of furan rings is 1. The van der Waals surface area contributed by atoms with Gasteiger partial charge in [-0.1, -0.05) is 18.2 Å². The summed E-state index contributed by atoms with van der Waals surface area (Å²) < 4.78 is 6.24. The van der Waals surface area contributed by atoms with Crippen molar-refractivity contribution in [2.24, 2.45) is 0 Å². The molecule has 0 unspecified atom stereocenters. The molecule has 1 aromatic carbocycles. The van der Waals surface area contributed by atoms with E-state index in [4.69, 9.17) is 4.42 Å². The first-order chi connectivity index (χ1) is 13.8. The van der Waals surface area contributed by atoms with E-state index >= 15 is 0 Å². The summed E-state index contributed by atoms with van der Waals surface area (Å²) in [6.45, 7) is 6.16. The summed E-state index contributed by atoms with van der Waals surface area (Å²) >= 11 is 0. The summed E-state index contributed by atoms with van der Waals surface area (Å²) in [7, 11) is 0. The normalized spacial score (nSPS) is 18.1. The number of nitrogens with one attached hydrogen (secondary N) is 1. The van der Waals surface area contributed by atoms with Crippen LogP contribution >= 0.6 is 0 Å². The van der Waals surface area contributed by atoms with Crippen LogP contribution in [-0.2, 0) is 13.0 Å². The van der Waals surface area contributed by atoms with Gasteiger partial charge in [-0.25, -0.2) is 0 Å². The largest absolute Gasteiger partial charge is 0.458 e. The maximum Gasteiger partial charge on any atom is 0.157 e. The molecule has 1 saturated carbocycles. The van der Waals surface area contributed by atoms with Gasteiger partial charge in [0.25, 0.3) is 0 Å². The van der Waals surface area contributed by atoms with E-state index in [2.05, 4.69) is 56.5 Å². The fourth-order valence-corrected chi connectivity index (χ4v) is 4.00. The Kier molecular flexibility index (Phi) is 5.02. The minimum atomic E-state index is 0.701. The van der Waals surface area contributed by atoms with E-state index in [0.29, 0.717) is 6.04 Å². The fraction of sp³-hybridized carbons (Fsp3) is 0.435. The van der Waals surface area contributed by atoms with E-state index in [1.807, 2.05) is 12.3 Å². The maximum absolute atomic E-state index is 6.24. The standard InChI is InChI=1S/C23H28N4O/c1-2-10-24-19(5-1)9-11-26-12-14-27(15-13-26)22-6-3-4-18-16-21(28-23(18)22)17-25-20-7-8-20/h1-6,10,16,20,25H,7-9,11-15,17H2. The number of piperazine rings is 1. The smallest absolute Gasteiger partial charge is 0.157 e. The van der Waals surface area contributed by atoms with Crippen LogP contribution in [0.3, 0.4) is 0 Å². The molecular formula is C23H28N4O. The highest BCUT2D eigenvalue weighted by molar-refractivity contribution is 5.90. The number of aromatic nitrogens is 1. The van der Waals surface area contributed by atoms with E-state index in [0.717, 1.165) is 57.0 Å². The van der Waals surface area contributed by atoms with E-state index in [-0.39, 0.29) is 0 Å². The van der Waals surface area contributed by atoms with Crippen LogP contribution in [0.5, 0.6) is 0 Å².